The highest BCUT2D eigenvalue weighted by atomic mass is 32.2. The molecular formula is C12H13N3O4S2. The van der Waals surface area contributed by atoms with Crippen LogP contribution in [0, 0.1) is 0 Å². The maximum atomic E-state index is 12.5. The normalized spacial score (nSPS) is 19.4. The van der Waals surface area contributed by atoms with E-state index in [2.05, 4.69) is 4.98 Å². The van der Waals surface area contributed by atoms with Crippen molar-refractivity contribution in [3.05, 3.63) is 35.2 Å². The number of carboxylic acids is 1. The molecule has 2 aromatic heterocycles. The second kappa shape index (κ2) is 4.93. The summed E-state index contributed by atoms with van der Waals surface area (Å²) in [6, 6.07) is 3.17. The fraction of sp³-hybridized carbons (Fsp3) is 0.333. The van der Waals surface area contributed by atoms with Crippen LogP contribution >= 0.6 is 11.3 Å². The second-order valence-corrected chi connectivity index (χ2v) is 7.92. The standard InChI is InChI=1S/C12H13N3O4S2/c1-14-7-13-9-6-15(5-8(11(9)14)12(16)17)21(18,19)10-3-2-4-20-10/h2-4,7-8H,5-6H2,1H3,(H,16,17). The molecule has 0 fully saturated rings. The van der Waals surface area contributed by atoms with Gasteiger partial charge in [0.25, 0.3) is 10.0 Å². The lowest BCUT2D eigenvalue weighted by Gasteiger charge is -2.29. The average Bonchev–Trinajstić information content (AvgIpc) is 3.08. The van der Waals surface area contributed by atoms with Crippen LogP contribution < -0.4 is 0 Å². The molecule has 0 spiro atoms. The quantitative estimate of drug-likeness (QED) is 0.902. The first-order valence-electron chi connectivity index (χ1n) is 6.18. The predicted molar refractivity (Wildman–Crippen MR) is 75.5 cm³/mol. The molecule has 9 heteroatoms. The van der Waals surface area contributed by atoms with Crippen LogP contribution in [0.5, 0.6) is 0 Å². The molecule has 0 aromatic carbocycles. The molecule has 0 amide bonds. The first-order valence-corrected chi connectivity index (χ1v) is 8.50. The number of imidazole rings is 1. The minimum atomic E-state index is -3.68. The molecular weight excluding hydrogens is 314 g/mol. The molecule has 1 unspecified atom stereocenters. The Balaban J connectivity index is 2.03. The molecule has 0 saturated heterocycles. The van der Waals surface area contributed by atoms with Crippen molar-refractivity contribution >= 4 is 27.3 Å². The van der Waals surface area contributed by atoms with E-state index in [1.54, 1.807) is 23.1 Å². The fourth-order valence-corrected chi connectivity index (χ4v) is 5.05. The van der Waals surface area contributed by atoms with E-state index < -0.39 is 21.9 Å². The van der Waals surface area contributed by atoms with Gasteiger partial charge in [0.05, 0.1) is 24.3 Å². The molecule has 1 aliphatic rings. The number of hydrogen-bond acceptors (Lipinski definition) is 5. The zero-order valence-electron chi connectivity index (χ0n) is 11.1. The minimum absolute atomic E-state index is 0.0813. The molecule has 1 N–H and O–H groups in total. The summed E-state index contributed by atoms with van der Waals surface area (Å²) in [6.45, 7) is 0.0162. The van der Waals surface area contributed by atoms with Crippen molar-refractivity contribution in [2.24, 2.45) is 7.05 Å². The van der Waals surface area contributed by atoms with Crippen LogP contribution in [-0.4, -0.2) is 39.9 Å². The third kappa shape index (κ3) is 2.27. The SMILES string of the molecule is Cn1cnc2c1C(C(=O)O)CN(S(=O)(=O)c1cccs1)C2. The van der Waals surface area contributed by atoms with Gasteiger partial charge in [-0.25, -0.2) is 13.4 Å². The molecule has 3 heterocycles. The second-order valence-electron chi connectivity index (χ2n) is 4.81. The zero-order valence-corrected chi connectivity index (χ0v) is 12.8. The van der Waals surface area contributed by atoms with Gasteiger partial charge < -0.3 is 9.67 Å². The molecule has 112 valence electrons. The van der Waals surface area contributed by atoms with E-state index in [0.29, 0.717) is 11.4 Å². The van der Waals surface area contributed by atoms with Crippen molar-refractivity contribution in [3.63, 3.8) is 0 Å². The molecule has 0 aliphatic carbocycles. The highest BCUT2D eigenvalue weighted by Gasteiger charge is 2.39. The summed E-state index contributed by atoms with van der Waals surface area (Å²) in [6.07, 6.45) is 1.52. The number of rotatable bonds is 3. The average molecular weight is 327 g/mol. The van der Waals surface area contributed by atoms with Crippen molar-refractivity contribution in [1.82, 2.24) is 13.9 Å². The van der Waals surface area contributed by atoms with E-state index >= 15 is 0 Å². The summed E-state index contributed by atoms with van der Waals surface area (Å²) < 4.78 is 28.1. The van der Waals surface area contributed by atoms with Crippen LogP contribution in [0.2, 0.25) is 0 Å². The summed E-state index contributed by atoms with van der Waals surface area (Å²) in [7, 11) is -1.97. The summed E-state index contributed by atoms with van der Waals surface area (Å²) in [4.78, 5) is 15.6. The number of aromatic nitrogens is 2. The maximum absolute atomic E-state index is 12.5. The van der Waals surface area contributed by atoms with Gasteiger partial charge in [0.15, 0.2) is 0 Å². The molecule has 3 rings (SSSR count). The van der Waals surface area contributed by atoms with Crippen LogP contribution in [0.3, 0.4) is 0 Å². The van der Waals surface area contributed by atoms with Crippen molar-refractivity contribution in [3.8, 4) is 0 Å². The van der Waals surface area contributed by atoms with Gasteiger partial charge in [-0.3, -0.25) is 4.79 Å². The molecule has 1 aliphatic heterocycles. The Kier molecular flexibility index (Phi) is 3.34. The Hall–Kier alpha value is -1.71. The summed E-state index contributed by atoms with van der Waals surface area (Å²) in [5.74, 6) is -1.96. The first kappa shape index (κ1) is 14.2. The number of sulfonamides is 1. The van der Waals surface area contributed by atoms with Crippen LogP contribution in [0.1, 0.15) is 17.3 Å². The number of carboxylic acid groups (broad SMARTS) is 1. The van der Waals surface area contributed by atoms with Crippen molar-refractivity contribution < 1.29 is 18.3 Å². The smallest absolute Gasteiger partial charge is 0.313 e. The largest absolute Gasteiger partial charge is 0.481 e. The van der Waals surface area contributed by atoms with Crippen molar-refractivity contribution in [2.45, 2.75) is 16.7 Å². The molecule has 21 heavy (non-hydrogen) atoms. The Morgan fingerprint density at radius 2 is 2.29 bits per heavy atom. The highest BCUT2D eigenvalue weighted by Crippen LogP contribution is 2.32. The number of fused-ring (bicyclic) bond motifs is 1. The molecule has 0 bridgehead atoms. The summed E-state index contributed by atoms with van der Waals surface area (Å²) in [5.41, 5.74) is 1.07. The third-order valence-electron chi connectivity index (χ3n) is 3.49. The predicted octanol–water partition coefficient (Wildman–Crippen LogP) is 0.854. The molecule has 0 saturated carbocycles. The first-order chi connectivity index (χ1) is 9.91. The monoisotopic (exact) mass is 327 g/mol. The number of aliphatic carboxylic acids is 1. The minimum Gasteiger partial charge on any atom is -0.481 e. The third-order valence-corrected chi connectivity index (χ3v) is 6.68. The zero-order chi connectivity index (χ0) is 15.2. The lowest BCUT2D eigenvalue weighted by molar-refractivity contribution is -0.139. The Morgan fingerprint density at radius 1 is 1.52 bits per heavy atom. The van der Waals surface area contributed by atoms with Crippen molar-refractivity contribution in [2.75, 3.05) is 6.54 Å². The van der Waals surface area contributed by atoms with Crippen LogP contribution in [0.15, 0.2) is 28.0 Å². The van der Waals surface area contributed by atoms with Crippen LogP contribution in [-0.2, 0) is 28.4 Å². The van der Waals surface area contributed by atoms with Crippen LogP contribution in [0.4, 0.5) is 0 Å². The molecule has 2 aromatic rings. The Bertz CT molecular complexity index is 780. The lowest BCUT2D eigenvalue weighted by atomic mass is 10.0. The van der Waals surface area contributed by atoms with Gasteiger partial charge in [-0.2, -0.15) is 4.31 Å². The molecule has 7 nitrogen and oxygen atoms in total. The highest BCUT2D eigenvalue weighted by molar-refractivity contribution is 7.91. The summed E-state index contributed by atoms with van der Waals surface area (Å²) >= 11 is 1.12. The van der Waals surface area contributed by atoms with E-state index in [4.69, 9.17) is 0 Å². The van der Waals surface area contributed by atoms with Gasteiger partial charge in [0.1, 0.15) is 10.1 Å². The Labute approximate surface area is 125 Å². The van der Waals surface area contributed by atoms with E-state index in [0.717, 1.165) is 11.3 Å². The fourth-order valence-electron chi connectivity index (χ4n) is 2.49. The van der Waals surface area contributed by atoms with Gasteiger partial charge in [-0.1, -0.05) is 6.07 Å². The number of carbonyl (C=O) groups is 1. The number of hydrogen-bond donors (Lipinski definition) is 1. The van der Waals surface area contributed by atoms with E-state index in [1.165, 1.54) is 16.7 Å². The van der Waals surface area contributed by atoms with Gasteiger partial charge in [0, 0.05) is 13.6 Å². The Morgan fingerprint density at radius 3 is 2.90 bits per heavy atom. The van der Waals surface area contributed by atoms with Crippen LogP contribution in [0.25, 0.3) is 0 Å². The number of thiophene rings is 1. The van der Waals surface area contributed by atoms with Gasteiger partial charge >= 0.3 is 5.97 Å². The van der Waals surface area contributed by atoms with E-state index in [-0.39, 0.29) is 17.3 Å². The number of nitrogens with zero attached hydrogens (tertiary/aromatic N) is 3. The van der Waals surface area contributed by atoms with Crippen molar-refractivity contribution in [1.29, 1.82) is 0 Å². The molecule has 1 atom stereocenters. The van der Waals surface area contributed by atoms with E-state index in [9.17, 15) is 18.3 Å². The lowest BCUT2D eigenvalue weighted by Crippen LogP contribution is -2.41. The topological polar surface area (TPSA) is 92.5 Å². The van der Waals surface area contributed by atoms with Gasteiger partial charge in [0.2, 0.25) is 0 Å². The number of aryl methyl sites for hydroxylation is 1. The summed E-state index contributed by atoms with van der Waals surface area (Å²) in [5, 5.41) is 11.1. The maximum Gasteiger partial charge on any atom is 0.313 e. The van der Waals surface area contributed by atoms with E-state index in [1.807, 2.05) is 0 Å². The van der Waals surface area contributed by atoms with Gasteiger partial charge in [-0.05, 0) is 11.4 Å². The van der Waals surface area contributed by atoms with Gasteiger partial charge in [-0.15, -0.1) is 11.3 Å². The molecule has 0 radical (unpaired) electrons.